The summed E-state index contributed by atoms with van der Waals surface area (Å²) in [5.41, 5.74) is 39.5. The van der Waals surface area contributed by atoms with Gasteiger partial charge in [0.1, 0.15) is 48.3 Å². The molecular weight excluding hydrogens is 1090 g/mol. The number of guanidine groups is 1. The van der Waals surface area contributed by atoms with Crippen LogP contribution in [0.3, 0.4) is 0 Å². The minimum Gasteiger partial charge on any atom is -0.481 e. The molecule has 468 valence electrons. The van der Waals surface area contributed by atoms with E-state index in [-0.39, 0.29) is 95.7 Å². The van der Waals surface area contributed by atoms with Crippen LogP contribution >= 0.6 is 0 Å². The van der Waals surface area contributed by atoms with Crippen molar-refractivity contribution in [1.82, 2.24) is 52.5 Å². The summed E-state index contributed by atoms with van der Waals surface area (Å²) in [4.78, 5) is 170. The lowest BCUT2D eigenvalue weighted by molar-refractivity contribution is -0.144. The van der Waals surface area contributed by atoms with Crippen molar-refractivity contribution in [3.8, 4) is 0 Å². The van der Waals surface area contributed by atoms with Gasteiger partial charge in [-0.25, -0.2) is 9.78 Å². The van der Waals surface area contributed by atoms with E-state index in [1.807, 2.05) is 0 Å². The summed E-state index contributed by atoms with van der Waals surface area (Å²) in [6.45, 7) is 4.07. The van der Waals surface area contributed by atoms with Crippen molar-refractivity contribution in [3.63, 3.8) is 0 Å². The van der Waals surface area contributed by atoms with E-state index < -0.39 is 145 Å². The Balaban J connectivity index is 3.67. The average molecular weight is 1180 g/mol. The van der Waals surface area contributed by atoms with Gasteiger partial charge in [0, 0.05) is 37.7 Å². The normalized spacial score (nSPS) is 14.3. The lowest BCUT2D eigenvalue weighted by Gasteiger charge is -2.28. The topological polar surface area (TPSA) is 585 Å². The number of H-pyrrole nitrogens is 1. The molecule has 0 saturated carbocycles. The van der Waals surface area contributed by atoms with Gasteiger partial charge in [-0.1, -0.05) is 20.3 Å². The number of nitrogens with zero attached hydrogens (tertiary/aromatic N) is 2. The molecule has 33 nitrogen and oxygen atoms in total. The second-order valence-corrected chi connectivity index (χ2v) is 20.2. The fourth-order valence-electron chi connectivity index (χ4n) is 8.11. The molecule has 33 heteroatoms. The van der Waals surface area contributed by atoms with E-state index in [1.165, 1.54) is 12.5 Å². The molecule has 0 spiro atoms. The number of hydrogen-bond donors (Lipinski definition) is 19. The molecule has 0 aliphatic carbocycles. The van der Waals surface area contributed by atoms with Crippen LogP contribution in [0.25, 0.3) is 0 Å². The highest BCUT2D eigenvalue weighted by Gasteiger charge is 2.36. The highest BCUT2D eigenvalue weighted by atomic mass is 16.4. The Morgan fingerprint density at radius 3 is 1.37 bits per heavy atom. The first kappa shape index (κ1) is 73.0. The van der Waals surface area contributed by atoms with Crippen LogP contribution in [0.15, 0.2) is 17.5 Å². The zero-order chi connectivity index (χ0) is 62.6. The Labute approximate surface area is 480 Å². The predicted molar refractivity (Wildman–Crippen MR) is 299 cm³/mol. The van der Waals surface area contributed by atoms with E-state index in [9.17, 15) is 72.9 Å². The molecule has 1 heterocycles. The van der Waals surface area contributed by atoms with Gasteiger partial charge < -0.3 is 103 Å². The molecule has 9 amide bonds. The first-order valence-corrected chi connectivity index (χ1v) is 27.5. The molecule has 0 saturated heterocycles. The lowest BCUT2D eigenvalue weighted by atomic mass is 10.0. The quantitative estimate of drug-likeness (QED) is 0.0164. The first-order chi connectivity index (χ1) is 39.2. The number of nitrogens with two attached hydrogens (primary N) is 7. The molecule has 1 rings (SSSR count). The fraction of sp³-hybridized carbons (Fsp3) is 0.680. The van der Waals surface area contributed by atoms with Crippen LogP contribution in [-0.2, 0) is 64.0 Å². The number of carbonyl (C=O) groups excluding carboxylic acids is 9. The van der Waals surface area contributed by atoms with E-state index in [4.69, 9.17) is 40.1 Å². The number of amides is 9. The molecule has 26 N–H and O–H groups in total. The molecule has 83 heavy (non-hydrogen) atoms. The van der Waals surface area contributed by atoms with Crippen LogP contribution in [0.1, 0.15) is 129 Å². The Morgan fingerprint density at radius 2 is 0.916 bits per heavy atom. The number of nitrogens with one attached hydrogen (secondary N) is 9. The van der Waals surface area contributed by atoms with Crippen molar-refractivity contribution in [2.45, 2.75) is 184 Å². The largest absolute Gasteiger partial charge is 0.481 e. The summed E-state index contributed by atoms with van der Waals surface area (Å²) < 4.78 is 0. The lowest BCUT2D eigenvalue weighted by Crippen LogP contribution is -2.60. The maximum atomic E-state index is 14.4. The van der Waals surface area contributed by atoms with Crippen molar-refractivity contribution >= 4 is 77.0 Å². The van der Waals surface area contributed by atoms with E-state index in [0.717, 1.165) is 0 Å². The highest BCUT2D eigenvalue weighted by molar-refractivity contribution is 5.99. The molecule has 9 atom stereocenters. The van der Waals surface area contributed by atoms with Crippen molar-refractivity contribution < 1.29 is 72.9 Å². The number of aliphatic carboxylic acids is 3. The third kappa shape index (κ3) is 31.1. The minimum absolute atomic E-state index is 0.0169. The smallest absolute Gasteiger partial charge is 0.326 e. The molecule has 0 bridgehead atoms. The highest BCUT2D eigenvalue weighted by Crippen LogP contribution is 2.13. The monoisotopic (exact) mass is 1180 g/mol. The Hall–Kier alpha value is -8.04. The van der Waals surface area contributed by atoms with Crippen molar-refractivity contribution in [3.05, 3.63) is 18.2 Å². The number of primary amides is 1. The van der Waals surface area contributed by atoms with Gasteiger partial charge in [0.05, 0.1) is 18.8 Å². The second-order valence-electron chi connectivity index (χ2n) is 20.2. The van der Waals surface area contributed by atoms with Crippen LogP contribution in [0.4, 0.5) is 0 Å². The van der Waals surface area contributed by atoms with Crippen LogP contribution in [0.5, 0.6) is 0 Å². The Morgan fingerprint density at radius 1 is 0.506 bits per heavy atom. The van der Waals surface area contributed by atoms with Crippen molar-refractivity contribution in [1.29, 1.82) is 0 Å². The fourth-order valence-corrected chi connectivity index (χ4v) is 8.11. The van der Waals surface area contributed by atoms with Gasteiger partial charge in [0.2, 0.25) is 53.2 Å². The number of carboxylic acids is 3. The number of rotatable bonds is 45. The molecule has 1 aromatic rings. The molecule has 1 aromatic heterocycles. The summed E-state index contributed by atoms with van der Waals surface area (Å²) in [5, 5.41) is 48.7. The van der Waals surface area contributed by atoms with Gasteiger partial charge in [-0.05, 0) is 109 Å². The number of unbranched alkanes of at least 4 members (excludes halogenated alkanes) is 3. The van der Waals surface area contributed by atoms with Gasteiger partial charge in [-0.2, -0.15) is 0 Å². The van der Waals surface area contributed by atoms with E-state index >= 15 is 0 Å². The minimum atomic E-state index is -1.82. The second kappa shape index (κ2) is 40.2. The third-order valence-corrected chi connectivity index (χ3v) is 12.6. The van der Waals surface area contributed by atoms with Crippen molar-refractivity contribution in [2.75, 3.05) is 26.2 Å². The maximum Gasteiger partial charge on any atom is 0.326 e. The van der Waals surface area contributed by atoms with Gasteiger partial charge in [0.15, 0.2) is 5.96 Å². The zero-order valence-corrected chi connectivity index (χ0v) is 47.2. The summed E-state index contributed by atoms with van der Waals surface area (Å²) in [6, 6.07) is -13.6. The van der Waals surface area contributed by atoms with Crippen LogP contribution in [0.2, 0.25) is 0 Å². The average Bonchev–Trinajstić information content (AvgIpc) is 4.06. The van der Waals surface area contributed by atoms with Gasteiger partial charge in [0.25, 0.3) is 0 Å². The number of carboxylic acid groups (broad SMARTS) is 3. The number of carbonyl (C=O) groups is 12. The summed E-state index contributed by atoms with van der Waals surface area (Å²) in [5.74, 6) is -13.8. The van der Waals surface area contributed by atoms with Crippen LogP contribution < -0.4 is 82.7 Å². The summed E-state index contributed by atoms with van der Waals surface area (Å²) >= 11 is 0. The molecule has 0 fully saturated rings. The van der Waals surface area contributed by atoms with E-state index in [1.54, 1.807) is 13.8 Å². The maximum absolute atomic E-state index is 14.4. The summed E-state index contributed by atoms with van der Waals surface area (Å²) in [7, 11) is 0. The molecule has 0 aliphatic heterocycles. The van der Waals surface area contributed by atoms with Gasteiger partial charge in [-0.15, -0.1) is 0 Å². The predicted octanol–water partition coefficient (Wildman–Crippen LogP) is -5.67. The Kier molecular flexibility index (Phi) is 35.3. The number of aromatic nitrogens is 2. The van der Waals surface area contributed by atoms with Crippen LogP contribution in [-0.4, -0.2) is 183 Å². The number of imidazole rings is 1. The standard InChI is InChI=1S/C50H88N18O15/c1-27(2)22-35(46(79)62-30(11-4-7-19-52)43(76)68-37(24-40(72)73)48(81)65-34(49(82)83)12-5-8-20-53)66-45(78)33(15-17-39(70)71)64-42(75)31(13-9-21-59-50(56)57)63-47(80)36(23-28-25-58-26-60-28)67-44(77)32(14-16-38(55)69)61-41(74)29(54)10-3-6-18-51/h25-27,29-37H,3-24,51-54H2,1-2H3,(H2,55,69)(H,58,60)(H,61,74)(H,62,79)(H,63,80)(H,64,75)(H,65,81)(H,66,78)(H,67,77)(H,68,76)(H,70,71)(H,72,73)(H,82,83)(H4,56,57,59)/t29-,30-,31-,32-,33-,34-,35-,36-,37-/m0/s1. The molecule has 0 aliphatic rings. The molecule has 0 unspecified atom stereocenters. The Bertz CT molecular complexity index is 2300. The third-order valence-electron chi connectivity index (χ3n) is 12.6. The molecule has 0 radical (unpaired) electrons. The van der Waals surface area contributed by atoms with E-state index in [2.05, 4.69) is 57.5 Å². The van der Waals surface area contributed by atoms with Gasteiger partial charge in [-0.3, -0.25) is 57.7 Å². The SMILES string of the molecule is CC(C)C[C@H](NC(=O)[C@H](CCC(=O)O)NC(=O)[C@H](CCCN=C(N)N)NC(=O)[C@H](Cc1cnc[nH]1)NC(=O)[C@H](CCC(N)=O)NC(=O)[C@@H](N)CCCCN)C(=O)N[C@@H](CCCCN)C(=O)N[C@@H](CC(=O)O)C(=O)N[C@@H](CCCCN)C(=O)O. The van der Waals surface area contributed by atoms with Crippen LogP contribution in [0, 0.1) is 5.92 Å². The zero-order valence-electron chi connectivity index (χ0n) is 47.2. The number of hydrogen-bond acceptors (Lipinski definition) is 18. The number of aromatic amines is 1. The molecular formula is C50H88N18O15. The van der Waals surface area contributed by atoms with Gasteiger partial charge >= 0.3 is 17.9 Å². The first-order valence-electron chi connectivity index (χ1n) is 27.5. The van der Waals surface area contributed by atoms with Crippen molar-refractivity contribution in [2.24, 2.45) is 51.0 Å². The summed E-state index contributed by atoms with van der Waals surface area (Å²) in [6.07, 6.45) is 1.52. The van der Waals surface area contributed by atoms with E-state index in [0.29, 0.717) is 44.3 Å². The molecule has 0 aromatic carbocycles. The number of aliphatic imine (C=N–C) groups is 1.